The van der Waals surface area contributed by atoms with Crippen molar-refractivity contribution in [1.29, 1.82) is 0 Å². The van der Waals surface area contributed by atoms with Gasteiger partial charge in [-0.2, -0.15) is 22.5 Å². The molecule has 2 aliphatic heterocycles. The van der Waals surface area contributed by atoms with Crippen molar-refractivity contribution in [3.63, 3.8) is 0 Å². The van der Waals surface area contributed by atoms with Gasteiger partial charge in [0, 0.05) is 25.5 Å². The summed E-state index contributed by atoms with van der Waals surface area (Å²) < 4.78 is 70.4. The molecule has 0 bridgehead atoms. The molecule has 2 fully saturated rings. The summed E-state index contributed by atoms with van der Waals surface area (Å²) in [6, 6.07) is 3.03. The lowest BCUT2D eigenvalue weighted by molar-refractivity contribution is -0.192. The second-order valence-electron chi connectivity index (χ2n) is 6.94. The number of fused-ring (bicyclic) bond motifs is 1. The van der Waals surface area contributed by atoms with Crippen LogP contribution in [0.25, 0.3) is 0 Å². The van der Waals surface area contributed by atoms with Crippen LogP contribution in [0.3, 0.4) is 0 Å². The highest BCUT2D eigenvalue weighted by Gasteiger charge is 2.47. The highest BCUT2D eigenvalue weighted by atomic mass is 32.2. The van der Waals surface area contributed by atoms with Gasteiger partial charge in [0.05, 0.1) is 18.1 Å². The quantitative estimate of drug-likeness (QED) is 0.720. The van der Waals surface area contributed by atoms with Gasteiger partial charge in [-0.25, -0.2) is 13.2 Å². The monoisotopic (exact) mass is 464 g/mol. The fourth-order valence-corrected chi connectivity index (χ4v) is 5.16. The van der Waals surface area contributed by atoms with Crippen molar-refractivity contribution in [2.75, 3.05) is 13.2 Å². The van der Waals surface area contributed by atoms with Crippen molar-refractivity contribution in [3.05, 3.63) is 36.2 Å². The van der Waals surface area contributed by atoms with E-state index >= 15 is 0 Å². The first-order chi connectivity index (χ1) is 14.5. The summed E-state index contributed by atoms with van der Waals surface area (Å²) in [6.45, 7) is 2.61. The summed E-state index contributed by atoms with van der Waals surface area (Å²) in [7, 11) is -3.65. The third kappa shape index (κ3) is 5.19. The molecule has 2 aliphatic rings. The van der Waals surface area contributed by atoms with Gasteiger partial charge in [0.25, 0.3) is 0 Å². The number of nitrogens with zero attached hydrogens (tertiary/aromatic N) is 4. The zero-order chi connectivity index (χ0) is 22.8. The molecule has 10 nitrogen and oxygen atoms in total. The summed E-state index contributed by atoms with van der Waals surface area (Å²) in [5.74, 6) is -1.92. The van der Waals surface area contributed by atoms with E-state index in [4.69, 9.17) is 19.2 Å². The van der Waals surface area contributed by atoms with E-state index in [2.05, 4.69) is 15.1 Å². The Kier molecular flexibility index (Phi) is 6.62. The second-order valence-corrected chi connectivity index (χ2v) is 8.83. The molecule has 0 radical (unpaired) electrons. The Labute approximate surface area is 175 Å². The number of aryl methyl sites for hydroxylation is 1. The minimum atomic E-state index is -5.08. The number of carbonyl (C=O) groups is 1. The third-order valence-electron chi connectivity index (χ3n) is 4.84. The number of halogens is 3. The molecule has 0 aliphatic carbocycles. The molecule has 0 amide bonds. The number of carboxylic acid groups (broad SMARTS) is 1. The number of pyridine rings is 1. The standard InChI is InChI=1S/C15H18N4O4S.C2HF3O2/c1-10-17-15(23-18-10)11-7-14-13(4-6-22-14)19(9-11)24(20,21)12-3-2-5-16-8-12;3-2(4,5)1(6)7/h2-3,5,8,11,13-14H,4,6-7,9H2,1H3;(H,6,7)/t11-,13-,14-;/m1./s1. The number of rotatable bonds is 3. The van der Waals surface area contributed by atoms with Crippen LogP contribution in [-0.4, -0.2) is 70.4 Å². The van der Waals surface area contributed by atoms with Crippen LogP contribution in [0.5, 0.6) is 0 Å². The summed E-state index contributed by atoms with van der Waals surface area (Å²) in [5.41, 5.74) is 0. The minimum Gasteiger partial charge on any atom is -0.475 e. The SMILES string of the molecule is Cc1noc([C@@H]2C[C@H]3OCC[C@H]3N(S(=O)(=O)c3cccnc3)C2)n1.O=C(O)C(F)(F)F. The van der Waals surface area contributed by atoms with E-state index < -0.39 is 22.2 Å². The summed E-state index contributed by atoms with van der Waals surface area (Å²) >= 11 is 0. The van der Waals surface area contributed by atoms with E-state index in [0.717, 1.165) is 0 Å². The number of carboxylic acids is 1. The van der Waals surface area contributed by atoms with Crippen LogP contribution < -0.4 is 0 Å². The van der Waals surface area contributed by atoms with Crippen molar-refractivity contribution in [3.8, 4) is 0 Å². The zero-order valence-corrected chi connectivity index (χ0v) is 17.0. The van der Waals surface area contributed by atoms with Gasteiger partial charge in [-0.15, -0.1) is 0 Å². The average molecular weight is 464 g/mol. The van der Waals surface area contributed by atoms with Crippen molar-refractivity contribution >= 4 is 16.0 Å². The molecule has 0 spiro atoms. The lowest BCUT2D eigenvalue weighted by Crippen LogP contribution is -2.51. The molecule has 2 saturated heterocycles. The number of hydrogen-bond donors (Lipinski definition) is 1. The first-order valence-corrected chi connectivity index (χ1v) is 10.6. The number of piperidine rings is 1. The molecule has 4 rings (SSSR count). The molecule has 4 heterocycles. The van der Waals surface area contributed by atoms with Crippen LogP contribution in [0.1, 0.15) is 30.5 Å². The van der Waals surface area contributed by atoms with Crippen molar-refractivity contribution in [2.45, 2.75) is 48.9 Å². The molecule has 14 heteroatoms. The molecule has 1 N–H and O–H groups in total. The lowest BCUT2D eigenvalue weighted by atomic mass is 9.92. The van der Waals surface area contributed by atoms with E-state index in [1.807, 2.05) is 0 Å². The molecule has 3 atom stereocenters. The number of aliphatic carboxylic acids is 1. The van der Waals surface area contributed by atoms with E-state index in [-0.39, 0.29) is 23.0 Å². The zero-order valence-electron chi connectivity index (χ0n) is 16.2. The molecule has 2 aromatic rings. The predicted octanol–water partition coefficient (Wildman–Crippen LogP) is 1.74. The Morgan fingerprint density at radius 2 is 2.06 bits per heavy atom. The normalized spacial score (nSPS) is 24.2. The highest BCUT2D eigenvalue weighted by molar-refractivity contribution is 7.89. The number of hydrogen-bond acceptors (Lipinski definition) is 8. The van der Waals surface area contributed by atoms with Crippen molar-refractivity contribution in [1.82, 2.24) is 19.4 Å². The first kappa shape index (κ1) is 23.1. The second kappa shape index (κ2) is 8.88. The van der Waals surface area contributed by atoms with Crippen LogP contribution in [-0.2, 0) is 19.6 Å². The van der Waals surface area contributed by atoms with E-state index in [1.165, 1.54) is 10.5 Å². The maximum Gasteiger partial charge on any atom is 0.490 e. The number of ether oxygens (including phenoxy) is 1. The van der Waals surface area contributed by atoms with Crippen molar-refractivity contribution in [2.24, 2.45) is 0 Å². The molecule has 170 valence electrons. The van der Waals surface area contributed by atoms with Crippen LogP contribution >= 0.6 is 0 Å². The van der Waals surface area contributed by atoms with Crippen LogP contribution in [0.15, 0.2) is 33.9 Å². The first-order valence-electron chi connectivity index (χ1n) is 9.14. The number of alkyl halides is 3. The Balaban J connectivity index is 0.000000339. The Morgan fingerprint density at radius 3 is 2.61 bits per heavy atom. The van der Waals surface area contributed by atoms with Gasteiger partial charge in [0.2, 0.25) is 15.9 Å². The van der Waals surface area contributed by atoms with Crippen LogP contribution in [0.2, 0.25) is 0 Å². The fourth-order valence-electron chi connectivity index (χ4n) is 3.47. The maximum atomic E-state index is 13.1. The van der Waals surface area contributed by atoms with Gasteiger partial charge in [-0.3, -0.25) is 4.98 Å². The average Bonchev–Trinajstić information content (AvgIpc) is 3.36. The molecule has 0 aromatic carbocycles. The fraction of sp³-hybridized carbons (Fsp3) is 0.529. The van der Waals surface area contributed by atoms with E-state index in [9.17, 15) is 21.6 Å². The van der Waals surface area contributed by atoms with Gasteiger partial charge < -0.3 is 14.4 Å². The predicted molar refractivity (Wildman–Crippen MR) is 96.4 cm³/mol. The van der Waals surface area contributed by atoms with Crippen LogP contribution in [0, 0.1) is 6.92 Å². The summed E-state index contributed by atoms with van der Waals surface area (Å²) in [5, 5.41) is 10.9. The molecule has 2 aromatic heterocycles. The van der Waals surface area contributed by atoms with E-state index in [0.29, 0.717) is 37.7 Å². The number of sulfonamides is 1. The Bertz CT molecular complexity index is 1010. The number of aromatic nitrogens is 3. The maximum absolute atomic E-state index is 13.1. The minimum absolute atomic E-state index is 0.151. The lowest BCUT2D eigenvalue weighted by Gasteiger charge is -2.38. The van der Waals surface area contributed by atoms with Crippen LogP contribution in [0.4, 0.5) is 13.2 Å². The largest absolute Gasteiger partial charge is 0.490 e. The molecule has 0 saturated carbocycles. The Morgan fingerprint density at radius 1 is 1.35 bits per heavy atom. The van der Waals surface area contributed by atoms with Gasteiger partial charge in [-0.05, 0) is 31.9 Å². The Hall–Kier alpha value is -2.58. The smallest absolute Gasteiger partial charge is 0.475 e. The summed E-state index contributed by atoms with van der Waals surface area (Å²) in [6.07, 6.45) is -0.922. The van der Waals surface area contributed by atoms with Gasteiger partial charge in [0.1, 0.15) is 4.90 Å². The molecular formula is C17H19F3N4O6S. The van der Waals surface area contributed by atoms with Gasteiger partial charge in [-0.1, -0.05) is 5.16 Å². The van der Waals surface area contributed by atoms with Gasteiger partial charge in [0.15, 0.2) is 5.82 Å². The third-order valence-corrected chi connectivity index (χ3v) is 6.71. The highest BCUT2D eigenvalue weighted by Crippen LogP contribution is 2.38. The molecule has 0 unspecified atom stereocenters. The summed E-state index contributed by atoms with van der Waals surface area (Å²) in [4.78, 5) is 17.3. The van der Waals surface area contributed by atoms with E-state index in [1.54, 1.807) is 25.3 Å². The van der Waals surface area contributed by atoms with Gasteiger partial charge >= 0.3 is 12.1 Å². The molecule has 31 heavy (non-hydrogen) atoms. The van der Waals surface area contributed by atoms with Crippen molar-refractivity contribution < 1.29 is 40.8 Å². The molecular weight excluding hydrogens is 445 g/mol. The topological polar surface area (TPSA) is 136 Å².